The van der Waals surface area contributed by atoms with Gasteiger partial charge in [0.05, 0.1) is 17.4 Å². The van der Waals surface area contributed by atoms with E-state index in [4.69, 9.17) is 0 Å². The van der Waals surface area contributed by atoms with Gasteiger partial charge in [-0.3, -0.25) is 9.78 Å². The van der Waals surface area contributed by atoms with E-state index in [9.17, 15) is 4.79 Å². The van der Waals surface area contributed by atoms with Crippen molar-refractivity contribution in [3.8, 4) is 0 Å². The van der Waals surface area contributed by atoms with E-state index in [0.717, 1.165) is 30.1 Å². The minimum atomic E-state index is 0.0450. The molecule has 2 N–H and O–H groups in total. The zero-order valence-electron chi connectivity index (χ0n) is 12.1. The number of carbonyl (C=O) groups excluding carboxylic acids is 1. The molecule has 3 atom stereocenters. The third kappa shape index (κ3) is 2.65. The van der Waals surface area contributed by atoms with Crippen LogP contribution in [0.4, 0.5) is 5.69 Å². The van der Waals surface area contributed by atoms with Gasteiger partial charge in [0, 0.05) is 18.8 Å². The maximum atomic E-state index is 12.5. The summed E-state index contributed by atoms with van der Waals surface area (Å²) in [7, 11) is 0. The van der Waals surface area contributed by atoms with Gasteiger partial charge < -0.3 is 10.6 Å². The Bertz CT molecular complexity index is 488. The molecule has 108 valence electrons. The molecule has 3 rings (SSSR count). The molecule has 0 saturated heterocycles. The number of rotatable bonds is 5. The van der Waals surface area contributed by atoms with Gasteiger partial charge in [0.15, 0.2) is 0 Å². The molecule has 2 bridgehead atoms. The lowest BCUT2D eigenvalue weighted by Crippen LogP contribution is -2.38. The van der Waals surface area contributed by atoms with Gasteiger partial charge in [-0.1, -0.05) is 13.3 Å². The number of fused-ring (bicyclic) bond motifs is 2. The lowest BCUT2D eigenvalue weighted by atomic mass is 9.95. The van der Waals surface area contributed by atoms with Crippen LogP contribution in [0, 0.1) is 11.8 Å². The molecule has 2 fully saturated rings. The molecular weight excluding hydrogens is 250 g/mol. The zero-order valence-corrected chi connectivity index (χ0v) is 12.1. The van der Waals surface area contributed by atoms with Crippen LogP contribution in [-0.2, 0) is 0 Å². The van der Waals surface area contributed by atoms with Crippen LogP contribution in [0.2, 0.25) is 0 Å². The molecule has 1 aromatic rings. The summed E-state index contributed by atoms with van der Waals surface area (Å²) in [5.41, 5.74) is 1.56. The van der Waals surface area contributed by atoms with E-state index in [1.807, 2.05) is 0 Å². The van der Waals surface area contributed by atoms with Crippen molar-refractivity contribution in [1.29, 1.82) is 0 Å². The minimum absolute atomic E-state index is 0.0450. The van der Waals surface area contributed by atoms with E-state index in [2.05, 4.69) is 22.5 Å². The molecule has 0 radical (unpaired) electrons. The third-order valence-corrected chi connectivity index (χ3v) is 4.69. The van der Waals surface area contributed by atoms with Gasteiger partial charge in [0.25, 0.3) is 5.91 Å². The van der Waals surface area contributed by atoms with Crippen molar-refractivity contribution in [2.24, 2.45) is 11.8 Å². The van der Waals surface area contributed by atoms with Gasteiger partial charge >= 0.3 is 0 Å². The van der Waals surface area contributed by atoms with Crippen molar-refractivity contribution in [1.82, 2.24) is 10.3 Å². The molecular formula is C16H23N3O. The number of amides is 1. The number of pyridine rings is 1. The number of hydrogen-bond acceptors (Lipinski definition) is 3. The number of nitrogens with zero attached hydrogens (tertiary/aromatic N) is 1. The fourth-order valence-corrected chi connectivity index (χ4v) is 3.66. The molecule has 4 heteroatoms. The predicted octanol–water partition coefficient (Wildman–Crippen LogP) is 2.82. The standard InChI is InChI=1S/C16H23N3O/c1-2-6-18-15-10-17-7-5-13(15)16(20)19-14-9-11-3-4-12(14)8-11/h5,7,10-12,14,18H,2-4,6,8-9H2,1H3,(H,19,20). The maximum absolute atomic E-state index is 12.5. The second-order valence-electron chi connectivity index (χ2n) is 6.10. The first-order valence-electron chi connectivity index (χ1n) is 7.76. The van der Waals surface area contributed by atoms with Crippen molar-refractivity contribution < 1.29 is 4.79 Å². The quantitative estimate of drug-likeness (QED) is 0.867. The number of aromatic nitrogens is 1. The second kappa shape index (κ2) is 5.81. The summed E-state index contributed by atoms with van der Waals surface area (Å²) in [4.78, 5) is 16.6. The summed E-state index contributed by atoms with van der Waals surface area (Å²) >= 11 is 0. The molecule has 1 heterocycles. The minimum Gasteiger partial charge on any atom is -0.383 e. The molecule has 3 unspecified atom stereocenters. The van der Waals surface area contributed by atoms with Crippen molar-refractivity contribution in [3.05, 3.63) is 24.0 Å². The molecule has 2 aliphatic rings. The van der Waals surface area contributed by atoms with Gasteiger partial charge in [-0.25, -0.2) is 0 Å². The van der Waals surface area contributed by atoms with Crippen LogP contribution in [0.5, 0.6) is 0 Å². The molecule has 2 saturated carbocycles. The molecule has 0 aromatic carbocycles. The first kappa shape index (κ1) is 13.4. The largest absolute Gasteiger partial charge is 0.383 e. The normalized spacial score (nSPS) is 27.6. The van der Waals surface area contributed by atoms with Gasteiger partial charge in [0.1, 0.15) is 0 Å². The molecule has 1 aromatic heterocycles. The zero-order chi connectivity index (χ0) is 13.9. The Kier molecular flexibility index (Phi) is 3.90. The molecule has 2 aliphatic carbocycles. The van der Waals surface area contributed by atoms with Gasteiger partial charge in [-0.15, -0.1) is 0 Å². The van der Waals surface area contributed by atoms with Crippen LogP contribution in [-0.4, -0.2) is 23.5 Å². The number of carbonyl (C=O) groups is 1. The van der Waals surface area contributed by atoms with E-state index in [1.54, 1.807) is 18.5 Å². The monoisotopic (exact) mass is 273 g/mol. The highest BCUT2D eigenvalue weighted by molar-refractivity contribution is 5.99. The first-order valence-corrected chi connectivity index (χ1v) is 7.76. The Morgan fingerprint density at radius 2 is 2.30 bits per heavy atom. The fourth-order valence-electron chi connectivity index (χ4n) is 3.66. The van der Waals surface area contributed by atoms with Crippen molar-refractivity contribution >= 4 is 11.6 Å². The number of anilines is 1. The van der Waals surface area contributed by atoms with Crippen LogP contribution in [0.1, 0.15) is 49.4 Å². The Labute approximate surface area is 120 Å². The van der Waals surface area contributed by atoms with E-state index >= 15 is 0 Å². The predicted molar refractivity (Wildman–Crippen MR) is 79.7 cm³/mol. The first-order chi connectivity index (χ1) is 9.78. The lowest BCUT2D eigenvalue weighted by molar-refractivity contribution is 0.0923. The van der Waals surface area contributed by atoms with Crippen molar-refractivity contribution in [2.45, 2.75) is 45.1 Å². The summed E-state index contributed by atoms with van der Waals surface area (Å²) in [6.07, 6.45) is 9.57. The van der Waals surface area contributed by atoms with Crippen LogP contribution in [0.25, 0.3) is 0 Å². The highest BCUT2D eigenvalue weighted by Crippen LogP contribution is 2.44. The summed E-state index contributed by atoms with van der Waals surface area (Å²) in [5, 5.41) is 6.52. The van der Waals surface area contributed by atoms with Crippen LogP contribution >= 0.6 is 0 Å². The Morgan fingerprint density at radius 1 is 1.40 bits per heavy atom. The number of nitrogens with one attached hydrogen (secondary N) is 2. The SMILES string of the molecule is CCCNc1cnccc1C(=O)NC1CC2CCC1C2. The number of hydrogen-bond donors (Lipinski definition) is 2. The fraction of sp³-hybridized carbons (Fsp3) is 0.625. The average Bonchev–Trinajstić information content (AvgIpc) is 3.08. The van der Waals surface area contributed by atoms with Crippen LogP contribution < -0.4 is 10.6 Å². The summed E-state index contributed by atoms with van der Waals surface area (Å²) < 4.78 is 0. The van der Waals surface area contributed by atoms with Gasteiger partial charge in [-0.05, 0) is 43.6 Å². The molecule has 1 amide bonds. The van der Waals surface area contributed by atoms with Crippen molar-refractivity contribution in [2.75, 3.05) is 11.9 Å². The van der Waals surface area contributed by atoms with E-state index in [1.165, 1.54) is 25.7 Å². The second-order valence-corrected chi connectivity index (χ2v) is 6.10. The van der Waals surface area contributed by atoms with Gasteiger partial charge in [-0.2, -0.15) is 0 Å². The Morgan fingerprint density at radius 3 is 3.00 bits per heavy atom. The summed E-state index contributed by atoms with van der Waals surface area (Å²) in [5.74, 6) is 1.60. The lowest BCUT2D eigenvalue weighted by Gasteiger charge is -2.23. The average molecular weight is 273 g/mol. The molecule has 0 spiro atoms. The van der Waals surface area contributed by atoms with E-state index < -0.39 is 0 Å². The van der Waals surface area contributed by atoms with Crippen LogP contribution in [0.3, 0.4) is 0 Å². The summed E-state index contributed by atoms with van der Waals surface area (Å²) in [6.45, 7) is 2.97. The Balaban J connectivity index is 1.67. The van der Waals surface area contributed by atoms with E-state index in [-0.39, 0.29) is 5.91 Å². The smallest absolute Gasteiger partial charge is 0.253 e. The van der Waals surface area contributed by atoms with Crippen LogP contribution in [0.15, 0.2) is 18.5 Å². The van der Waals surface area contributed by atoms with Crippen molar-refractivity contribution in [3.63, 3.8) is 0 Å². The Hall–Kier alpha value is -1.58. The topological polar surface area (TPSA) is 54.0 Å². The van der Waals surface area contributed by atoms with Gasteiger partial charge in [0.2, 0.25) is 0 Å². The summed E-state index contributed by atoms with van der Waals surface area (Å²) in [6, 6.07) is 2.19. The van der Waals surface area contributed by atoms with E-state index in [0.29, 0.717) is 12.0 Å². The molecule has 0 aliphatic heterocycles. The molecule has 20 heavy (non-hydrogen) atoms. The molecule has 4 nitrogen and oxygen atoms in total. The maximum Gasteiger partial charge on any atom is 0.253 e. The highest BCUT2D eigenvalue weighted by Gasteiger charge is 2.40. The highest BCUT2D eigenvalue weighted by atomic mass is 16.1. The third-order valence-electron chi connectivity index (χ3n) is 4.69.